The summed E-state index contributed by atoms with van der Waals surface area (Å²) in [4.78, 5) is 6.27. The molecular formula is C18H18N4OS. The Kier molecular flexibility index (Phi) is 4.86. The smallest absolute Gasteiger partial charge is 0.246 e. The Balaban J connectivity index is 1.62. The van der Waals surface area contributed by atoms with Gasteiger partial charge in [-0.1, -0.05) is 53.2 Å². The first-order chi connectivity index (χ1) is 11.6. The highest BCUT2D eigenvalue weighted by Crippen LogP contribution is 2.16. The van der Waals surface area contributed by atoms with Crippen molar-refractivity contribution >= 4 is 23.0 Å². The Morgan fingerprint density at radius 2 is 1.83 bits per heavy atom. The third-order valence-corrected chi connectivity index (χ3v) is 3.94. The predicted octanol–water partition coefficient (Wildman–Crippen LogP) is 3.87. The van der Waals surface area contributed by atoms with Crippen LogP contribution in [0, 0.1) is 6.92 Å². The first-order valence-electron chi connectivity index (χ1n) is 7.58. The van der Waals surface area contributed by atoms with E-state index in [2.05, 4.69) is 15.5 Å². The molecule has 0 atom stereocenters. The Morgan fingerprint density at radius 1 is 1.12 bits per heavy atom. The zero-order valence-electron chi connectivity index (χ0n) is 13.6. The summed E-state index contributed by atoms with van der Waals surface area (Å²) in [6.07, 6.45) is 0. The summed E-state index contributed by atoms with van der Waals surface area (Å²) < 4.78 is 5.32. The van der Waals surface area contributed by atoms with Gasteiger partial charge < -0.3 is 14.7 Å². The van der Waals surface area contributed by atoms with E-state index in [1.54, 1.807) is 0 Å². The molecule has 0 unspecified atom stereocenters. The molecular weight excluding hydrogens is 320 g/mol. The summed E-state index contributed by atoms with van der Waals surface area (Å²) >= 11 is 5.42. The summed E-state index contributed by atoms with van der Waals surface area (Å²) in [6, 6.07) is 17.8. The zero-order valence-corrected chi connectivity index (χ0v) is 14.4. The molecule has 3 aromatic rings. The lowest BCUT2D eigenvalue weighted by Crippen LogP contribution is -2.30. The van der Waals surface area contributed by atoms with E-state index in [1.165, 1.54) is 5.56 Å². The third-order valence-electron chi connectivity index (χ3n) is 3.52. The Morgan fingerprint density at radius 3 is 2.54 bits per heavy atom. The quantitative estimate of drug-likeness (QED) is 0.729. The Labute approximate surface area is 146 Å². The van der Waals surface area contributed by atoms with Gasteiger partial charge in [-0.2, -0.15) is 4.98 Å². The van der Waals surface area contributed by atoms with Gasteiger partial charge in [0.15, 0.2) is 5.11 Å². The van der Waals surface area contributed by atoms with E-state index < -0.39 is 0 Å². The van der Waals surface area contributed by atoms with Gasteiger partial charge in [-0.15, -0.1) is 0 Å². The van der Waals surface area contributed by atoms with Crippen LogP contribution in [0.4, 0.5) is 5.69 Å². The van der Waals surface area contributed by atoms with Gasteiger partial charge in [0.2, 0.25) is 11.7 Å². The largest absolute Gasteiger partial charge is 0.343 e. The molecule has 1 aromatic heterocycles. The molecule has 1 heterocycles. The molecule has 0 radical (unpaired) electrons. The van der Waals surface area contributed by atoms with Crippen molar-refractivity contribution in [3.63, 3.8) is 0 Å². The predicted molar refractivity (Wildman–Crippen MR) is 98.6 cm³/mol. The van der Waals surface area contributed by atoms with E-state index in [0.717, 1.165) is 11.3 Å². The molecule has 1 N–H and O–H groups in total. The summed E-state index contributed by atoms with van der Waals surface area (Å²) in [5, 5.41) is 7.81. The van der Waals surface area contributed by atoms with Crippen molar-refractivity contribution in [1.29, 1.82) is 0 Å². The maximum absolute atomic E-state index is 5.42. The summed E-state index contributed by atoms with van der Waals surface area (Å²) in [7, 11) is 1.88. The summed E-state index contributed by atoms with van der Waals surface area (Å²) in [5.74, 6) is 1.10. The van der Waals surface area contributed by atoms with Gasteiger partial charge in [0, 0.05) is 18.3 Å². The monoisotopic (exact) mass is 338 g/mol. The van der Waals surface area contributed by atoms with Crippen LogP contribution < -0.4 is 5.32 Å². The van der Waals surface area contributed by atoms with Crippen molar-refractivity contribution in [2.75, 3.05) is 12.4 Å². The molecule has 0 aliphatic carbocycles. The van der Waals surface area contributed by atoms with Crippen LogP contribution in [0.5, 0.6) is 0 Å². The number of nitrogens with zero attached hydrogens (tertiary/aromatic N) is 3. The van der Waals surface area contributed by atoms with E-state index >= 15 is 0 Å². The number of hydrogen-bond acceptors (Lipinski definition) is 4. The number of rotatable bonds is 4. The molecule has 122 valence electrons. The lowest BCUT2D eigenvalue weighted by molar-refractivity contribution is 0.336. The van der Waals surface area contributed by atoms with E-state index in [0.29, 0.717) is 23.4 Å². The minimum atomic E-state index is 0.442. The normalized spacial score (nSPS) is 10.4. The van der Waals surface area contributed by atoms with E-state index in [-0.39, 0.29) is 0 Å². The van der Waals surface area contributed by atoms with Crippen molar-refractivity contribution in [2.45, 2.75) is 13.5 Å². The highest BCUT2D eigenvalue weighted by Gasteiger charge is 2.12. The van der Waals surface area contributed by atoms with E-state index in [1.807, 2.05) is 73.5 Å². The molecule has 24 heavy (non-hydrogen) atoms. The number of anilines is 1. The second-order valence-corrected chi connectivity index (χ2v) is 5.92. The second kappa shape index (κ2) is 7.23. The minimum absolute atomic E-state index is 0.442. The van der Waals surface area contributed by atoms with Crippen LogP contribution in [-0.2, 0) is 6.54 Å². The van der Waals surface area contributed by atoms with Crippen LogP contribution in [0.2, 0.25) is 0 Å². The average molecular weight is 338 g/mol. The van der Waals surface area contributed by atoms with E-state index in [4.69, 9.17) is 16.7 Å². The van der Waals surface area contributed by atoms with Crippen molar-refractivity contribution in [2.24, 2.45) is 0 Å². The molecule has 0 fully saturated rings. The van der Waals surface area contributed by atoms with E-state index in [9.17, 15) is 0 Å². The van der Waals surface area contributed by atoms with Gasteiger partial charge in [-0.25, -0.2) is 0 Å². The fraction of sp³-hybridized carbons (Fsp3) is 0.167. The van der Waals surface area contributed by atoms with Gasteiger partial charge in [0.05, 0.1) is 6.54 Å². The molecule has 0 aliphatic heterocycles. The molecule has 2 aromatic carbocycles. The molecule has 3 rings (SSSR count). The number of aromatic nitrogens is 2. The minimum Gasteiger partial charge on any atom is -0.343 e. The first kappa shape index (κ1) is 16.1. The fourth-order valence-corrected chi connectivity index (χ4v) is 2.34. The molecule has 6 heteroatoms. The van der Waals surface area contributed by atoms with Crippen molar-refractivity contribution in [3.05, 3.63) is 66.1 Å². The van der Waals surface area contributed by atoms with Gasteiger partial charge in [-0.3, -0.25) is 0 Å². The zero-order chi connectivity index (χ0) is 16.9. The van der Waals surface area contributed by atoms with Crippen LogP contribution in [0.25, 0.3) is 11.4 Å². The maximum atomic E-state index is 5.42. The van der Waals surface area contributed by atoms with Crippen LogP contribution in [0.3, 0.4) is 0 Å². The van der Waals surface area contributed by atoms with Gasteiger partial charge in [0.1, 0.15) is 0 Å². The molecule has 0 amide bonds. The molecule has 0 aliphatic rings. The SMILES string of the molecule is Cc1ccc(NC(=S)N(C)Cc2nc(-c3ccccc3)no2)cc1. The van der Waals surface area contributed by atoms with Gasteiger partial charge in [-0.05, 0) is 31.3 Å². The van der Waals surface area contributed by atoms with Crippen LogP contribution in [0.1, 0.15) is 11.5 Å². The molecule has 0 spiro atoms. The number of nitrogens with one attached hydrogen (secondary N) is 1. The Bertz CT molecular complexity index is 815. The van der Waals surface area contributed by atoms with Gasteiger partial charge >= 0.3 is 0 Å². The highest BCUT2D eigenvalue weighted by molar-refractivity contribution is 7.80. The summed E-state index contributed by atoms with van der Waals surface area (Å²) in [5.41, 5.74) is 3.09. The highest BCUT2D eigenvalue weighted by atomic mass is 32.1. The number of hydrogen-bond donors (Lipinski definition) is 1. The number of thiocarbonyl (C=S) groups is 1. The third kappa shape index (κ3) is 3.97. The second-order valence-electron chi connectivity index (χ2n) is 5.53. The molecule has 0 bridgehead atoms. The average Bonchev–Trinajstić information content (AvgIpc) is 3.06. The van der Waals surface area contributed by atoms with Crippen LogP contribution >= 0.6 is 12.2 Å². The maximum Gasteiger partial charge on any atom is 0.246 e. The Hall–Kier alpha value is -2.73. The lowest BCUT2D eigenvalue weighted by atomic mass is 10.2. The molecule has 5 nitrogen and oxygen atoms in total. The fourth-order valence-electron chi connectivity index (χ4n) is 2.15. The van der Waals surface area contributed by atoms with Gasteiger partial charge in [0.25, 0.3) is 0 Å². The number of benzene rings is 2. The number of aryl methyl sites for hydroxylation is 1. The molecule has 0 saturated carbocycles. The van der Waals surface area contributed by atoms with Crippen LogP contribution in [0.15, 0.2) is 59.1 Å². The van der Waals surface area contributed by atoms with Crippen molar-refractivity contribution < 1.29 is 4.52 Å². The molecule has 0 saturated heterocycles. The first-order valence-corrected chi connectivity index (χ1v) is 7.99. The van der Waals surface area contributed by atoms with Crippen molar-refractivity contribution in [3.8, 4) is 11.4 Å². The van der Waals surface area contributed by atoms with Crippen molar-refractivity contribution in [1.82, 2.24) is 15.0 Å². The standard InChI is InChI=1S/C18H18N4OS/c1-13-8-10-15(11-9-13)19-18(24)22(2)12-16-20-17(21-23-16)14-6-4-3-5-7-14/h3-11H,12H2,1-2H3,(H,19,24). The van der Waals surface area contributed by atoms with Crippen LogP contribution in [-0.4, -0.2) is 27.2 Å². The summed E-state index contributed by atoms with van der Waals surface area (Å²) in [6.45, 7) is 2.49. The lowest BCUT2D eigenvalue weighted by Gasteiger charge is -2.19. The topological polar surface area (TPSA) is 54.2 Å².